The van der Waals surface area contributed by atoms with E-state index >= 15 is 0 Å². The van der Waals surface area contributed by atoms with E-state index in [-0.39, 0.29) is 11.9 Å². The van der Waals surface area contributed by atoms with Gasteiger partial charge in [0.2, 0.25) is 0 Å². The minimum atomic E-state index is -0.163. The summed E-state index contributed by atoms with van der Waals surface area (Å²) in [6, 6.07) is 0. The molecule has 1 atom stereocenters. The van der Waals surface area contributed by atoms with E-state index in [0.29, 0.717) is 12.3 Å². The van der Waals surface area contributed by atoms with Crippen molar-refractivity contribution < 1.29 is 9.53 Å². The van der Waals surface area contributed by atoms with Crippen LogP contribution in [0.3, 0.4) is 0 Å². The monoisotopic (exact) mass is 178 g/mol. The lowest BCUT2D eigenvalue weighted by Gasteiger charge is -2.09. The fraction of sp³-hybridized carbons (Fsp3) is 0.875. The van der Waals surface area contributed by atoms with Gasteiger partial charge in [-0.3, -0.25) is 4.79 Å². The molecule has 2 nitrogen and oxygen atoms in total. The van der Waals surface area contributed by atoms with E-state index in [1.807, 2.05) is 0 Å². The first kappa shape index (κ1) is 10.8. The predicted octanol–water partition coefficient (Wildman–Crippen LogP) is 2.20. The van der Waals surface area contributed by atoms with Crippen molar-refractivity contribution in [2.45, 2.75) is 26.2 Å². The lowest BCUT2D eigenvalue weighted by molar-refractivity contribution is -0.141. The van der Waals surface area contributed by atoms with Crippen LogP contribution in [-0.2, 0) is 9.53 Å². The molecule has 0 aromatic heterocycles. The highest BCUT2D eigenvalue weighted by Gasteiger charge is 2.11. The van der Waals surface area contributed by atoms with E-state index < -0.39 is 0 Å². The van der Waals surface area contributed by atoms with Crippen molar-refractivity contribution in [1.82, 2.24) is 0 Å². The van der Waals surface area contributed by atoms with Crippen molar-refractivity contribution in [1.29, 1.82) is 0 Å². The van der Waals surface area contributed by atoms with Crippen molar-refractivity contribution in [3.05, 3.63) is 0 Å². The van der Waals surface area contributed by atoms with Gasteiger partial charge in [0.05, 0.1) is 7.11 Å². The van der Waals surface area contributed by atoms with Crippen LogP contribution in [-0.4, -0.2) is 19.0 Å². The molecule has 0 rings (SSSR count). The normalized spacial score (nSPS) is 12.6. The molecule has 0 spiro atoms. The van der Waals surface area contributed by atoms with Crippen LogP contribution in [0.5, 0.6) is 0 Å². The van der Waals surface area contributed by atoms with Gasteiger partial charge in [-0.25, -0.2) is 0 Å². The SMILES string of the molecule is CCC[C@@H](CCl)CC(=O)OC. The summed E-state index contributed by atoms with van der Waals surface area (Å²) in [5.41, 5.74) is 0. The second-order valence-corrected chi connectivity index (χ2v) is 2.90. The average Bonchev–Trinajstić information content (AvgIpc) is 2.03. The third-order valence-electron chi connectivity index (χ3n) is 1.60. The van der Waals surface area contributed by atoms with Gasteiger partial charge in [-0.2, -0.15) is 0 Å². The summed E-state index contributed by atoms with van der Waals surface area (Å²) in [6.45, 7) is 2.08. The highest BCUT2D eigenvalue weighted by atomic mass is 35.5. The molecule has 0 aliphatic heterocycles. The molecule has 0 unspecified atom stereocenters. The highest BCUT2D eigenvalue weighted by Crippen LogP contribution is 2.13. The largest absolute Gasteiger partial charge is 0.469 e. The maximum atomic E-state index is 10.8. The summed E-state index contributed by atoms with van der Waals surface area (Å²) in [5, 5.41) is 0. The number of halogens is 1. The van der Waals surface area contributed by atoms with Gasteiger partial charge in [-0.15, -0.1) is 11.6 Å². The fourth-order valence-corrected chi connectivity index (χ4v) is 1.22. The van der Waals surface area contributed by atoms with Gasteiger partial charge < -0.3 is 4.74 Å². The molecule has 0 N–H and O–H groups in total. The standard InChI is InChI=1S/C8H15ClO2/c1-3-4-7(6-9)5-8(10)11-2/h7H,3-6H2,1-2H3/t7-/m1/s1. The summed E-state index contributed by atoms with van der Waals surface area (Å²) >= 11 is 5.64. The Labute approximate surface area is 72.9 Å². The Morgan fingerprint density at radius 1 is 1.64 bits per heavy atom. The third-order valence-corrected chi connectivity index (χ3v) is 2.03. The quantitative estimate of drug-likeness (QED) is 0.477. The maximum absolute atomic E-state index is 10.8. The lowest BCUT2D eigenvalue weighted by atomic mass is 10.0. The van der Waals surface area contributed by atoms with E-state index in [1.165, 1.54) is 7.11 Å². The third kappa shape index (κ3) is 5.08. The first-order chi connectivity index (χ1) is 5.24. The van der Waals surface area contributed by atoms with E-state index in [4.69, 9.17) is 11.6 Å². The number of carbonyl (C=O) groups excluding carboxylic acids is 1. The number of esters is 1. The average molecular weight is 179 g/mol. The lowest BCUT2D eigenvalue weighted by Crippen LogP contribution is -2.10. The van der Waals surface area contributed by atoms with Crippen LogP contribution in [0, 0.1) is 5.92 Å². The maximum Gasteiger partial charge on any atom is 0.305 e. The van der Waals surface area contributed by atoms with Crippen molar-refractivity contribution in [2.75, 3.05) is 13.0 Å². The molecule has 0 aliphatic rings. The fourth-order valence-electron chi connectivity index (χ4n) is 0.961. The Balaban J connectivity index is 3.58. The zero-order chi connectivity index (χ0) is 8.69. The van der Waals surface area contributed by atoms with Crippen molar-refractivity contribution >= 4 is 17.6 Å². The molecule has 66 valence electrons. The zero-order valence-electron chi connectivity index (χ0n) is 7.10. The molecule has 0 aliphatic carbocycles. The van der Waals surface area contributed by atoms with E-state index in [0.717, 1.165) is 12.8 Å². The highest BCUT2D eigenvalue weighted by molar-refractivity contribution is 6.18. The molecule has 0 aromatic carbocycles. The van der Waals surface area contributed by atoms with Gasteiger partial charge in [0.25, 0.3) is 0 Å². The number of hydrogen-bond donors (Lipinski definition) is 0. The summed E-state index contributed by atoms with van der Waals surface area (Å²) in [4.78, 5) is 10.8. The van der Waals surface area contributed by atoms with Crippen LogP contribution in [0.2, 0.25) is 0 Å². The van der Waals surface area contributed by atoms with Gasteiger partial charge in [0.15, 0.2) is 0 Å². The molecular formula is C8H15ClO2. The molecule has 11 heavy (non-hydrogen) atoms. The Hall–Kier alpha value is -0.240. The minimum absolute atomic E-state index is 0.163. The van der Waals surface area contributed by atoms with Crippen LogP contribution in [0.4, 0.5) is 0 Å². The summed E-state index contributed by atoms with van der Waals surface area (Å²) < 4.78 is 4.53. The van der Waals surface area contributed by atoms with Crippen molar-refractivity contribution in [2.24, 2.45) is 5.92 Å². The first-order valence-corrected chi connectivity index (χ1v) is 4.40. The first-order valence-electron chi connectivity index (χ1n) is 3.87. The molecule has 0 aromatic rings. The second-order valence-electron chi connectivity index (χ2n) is 2.59. The van der Waals surface area contributed by atoms with Crippen LogP contribution in [0.1, 0.15) is 26.2 Å². The number of carbonyl (C=O) groups is 1. The van der Waals surface area contributed by atoms with Crippen molar-refractivity contribution in [3.8, 4) is 0 Å². The molecule has 3 heteroatoms. The number of rotatable bonds is 5. The molecule has 0 saturated heterocycles. The second kappa shape index (κ2) is 6.47. The summed E-state index contributed by atoms with van der Waals surface area (Å²) in [7, 11) is 1.40. The number of ether oxygens (including phenoxy) is 1. The van der Waals surface area contributed by atoms with Gasteiger partial charge in [0.1, 0.15) is 0 Å². The number of alkyl halides is 1. The Morgan fingerprint density at radius 3 is 2.64 bits per heavy atom. The van der Waals surface area contributed by atoms with E-state index in [2.05, 4.69) is 11.7 Å². The molecule has 0 fully saturated rings. The van der Waals surface area contributed by atoms with Crippen LogP contribution in [0.25, 0.3) is 0 Å². The molecule has 0 amide bonds. The summed E-state index contributed by atoms with van der Waals surface area (Å²) in [5.74, 6) is 0.668. The Bertz CT molecular complexity index is 115. The van der Waals surface area contributed by atoms with E-state index in [9.17, 15) is 4.79 Å². The minimum Gasteiger partial charge on any atom is -0.469 e. The van der Waals surface area contributed by atoms with Crippen molar-refractivity contribution in [3.63, 3.8) is 0 Å². The molecule has 0 saturated carbocycles. The molecule has 0 radical (unpaired) electrons. The van der Waals surface area contributed by atoms with Crippen LogP contribution in [0.15, 0.2) is 0 Å². The molecule has 0 heterocycles. The molecule has 0 bridgehead atoms. The smallest absolute Gasteiger partial charge is 0.305 e. The number of methoxy groups -OCH3 is 1. The van der Waals surface area contributed by atoms with Crippen LogP contribution < -0.4 is 0 Å². The van der Waals surface area contributed by atoms with E-state index in [1.54, 1.807) is 0 Å². The van der Waals surface area contributed by atoms with Gasteiger partial charge in [-0.05, 0) is 12.3 Å². The van der Waals surface area contributed by atoms with Gasteiger partial charge >= 0.3 is 5.97 Å². The van der Waals surface area contributed by atoms with Gasteiger partial charge in [0, 0.05) is 12.3 Å². The Morgan fingerprint density at radius 2 is 2.27 bits per heavy atom. The summed E-state index contributed by atoms with van der Waals surface area (Å²) in [6.07, 6.45) is 2.51. The zero-order valence-corrected chi connectivity index (χ0v) is 7.86. The number of hydrogen-bond acceptors (Lipinski definition) is 2. The Kier molecular flexibility index (Phi) is 6.33. The molecular weight excluding hydrogens is 164 g/mol. The predicted molar refractivity (Wildman–Crippen MR) is 45.8 cm³/mol. The topological polar surface area (TPSA) is 26.3 Å². The van der Waals surface area contributed by atoms with Gasteiger partial charge in [-0.1, -0.05) is 13.3 Å². The van der Waals surface area contributed by atoms with Crippen LogP contribution >= 0.6 is 11.6 Å².